The Kier molecular flexibility index (Phi) is 0.138. The van der Waals surface area contributed by atoms with Gasteiger partial charge in [-0.3, -0.25) is 0 Å². The third kappa shape index (κ3) is 0.0448. The van der Waals surface area contributed by atoms with Crippen LogP contribution in [0.25, 0.3) is 0 Å². The maximum absolute atomic E-state index is 11.5. The molecule has 1 N–H and O–H groups in total. The van der Waals surface area contributed by atoms with Crippen LogP contribution in [0.3, 0.4) is 0 Å². The van der Waals surface area contributed by atoms with Crippen LogP contribution in [-0.2, 0) is 11.3 Å². The van der Waals surface area contributed by atoms with Crippen molar-refractivity contribution in [3.63, 3.8) is 0 Å². The maximum atomic E-state index is 11.5. The Hall–Kier alpha value is -0.271. The van der Waals surface area contributed by atoms with E-state index in [1.165, 1.54) is 33.7 Å². The van der Waals surface area contributed by atoms with Gasteiger partial charge in [-0.25, -0.2) is 0 Å². The molecule has 0 radical (unpaired) electrons. The van der Waals surface area contributed by atoms with Crippen LogP contribution < -0.4 is 0 Å². The Morgan fingerprint density at radius 2 is 1.44 bits per heavy atom. The molecule has 0 saturated carbocycles. The van der Waals surface area contributed by atoms with Crippen LogP contribution in [0.1, 0.15) is 0 Å². The van der Waals surface area contributed by atoms with Crippen molar-refractivity contribution in [3.05, 3.63) is 12.2 Å². The van der Waals surface area contributed by atoms with E-state index in [0.29, 0.717) is 4.31 Å². The van der Waals surface area contributed by atoms with E-state index in [4.69, 9.17) is 0 Å². The molecule has 10 heterocycles. The second kappa shape index (κ2) is 0.396. The number of aliphatic carboxylic acids is 1. The summed E-state index contributed by atoms with van der Waals surface area (Å²) in [6.07, 6.45) is 0. The first-order chi connectivity index (χ1) is 7.40. The van der Waals surface area contributed by atoms with Gasteiger partial charge in [-0.1, -0.05) is 0 Å². The third-order valence-electron chi connectivity index (χ3n) is 15.4. The molecule has 1 spiro atoms. The molecule has 0 aromatic carbocycles. The molecule has 10 fully saturated rings. The van der Waals surface area contributed by atoms with E-state index in [2.05, 4.69) is 6.58 Å². The summed E-state index contributed by atoms with van der Waals surface area (Å²) in [5.41, 5.74) is 0.735. The van der Waals surface area contributed by atoms with Gasteiger partial charge in [-0.15, -0.1) is 0 Å². The fraction of sp³-hybridized carbons (Fsp3) is 0.769. The SMILES string of the molecule is C=C(C(=O)O)[C]12[CH]3[CH]4[CH]5[CH]1[Fe]45321678[CH]2[CH]1[CH]6[CH]7[CH]28. The van der Waals surface area contributed by atoms with Gasteiger partial charge in [0.15, 0.2) is 0 Å². The predicted octanol–water partition coefficient (Wildman–Crippen LogP) is 3.39. The molecule has 10 rings (SSSR count). The average Bonchev–Trinajstić information content (AvgIpc) is 3.20. The second-order valence-corrected chi connectivity index (χ2v) is 34.0. The summed E-state index contributed by atoms with van der Waals surface area (Å²) >= 11 is 0. The molecular weight excluding hydrogens is 244 g/mol. The van der Waals surface area contributed by atoms with Crippen molar-refractivity contribution in [1.29, 1.82) is 0 Å². The van der Waals surface area contributed by atoms with Crippen molar-refractivity contribution in [2.75, 3.05) is 0 Å². The molecule has 4 unspecified atom stereocenters. The van der Waals surface area contributed by atoms with Gasteiger partial charge in [0.1, 0.15) is 0 Å². The van der Waals surface area contributed by atoms with Crippen LogP contribution in [-0.4, -0.2) is 11.1 Å². The average molecular weight is 256 g/mol. The summed E-state index contributed by atoms with van der Waals surface area (Å²) in [6.45, 7) is 0.918. The zero-order valence-corrected chi connectivity index (χ0v) is 9.72. The van der Waals surface area contributed by atoms with Crippen LogP contribution in [0, 0.1) is 0 Å². The minimum atomic E-state index is -3.16. The molecule has 0 amide bonds. The monoisotopic (exact) mass is 256 g/mol. The van der Waals surface area contributed by atoms with E-state index in [0.717, 1.165) is 15.2 Å². The first-order valence-corrected chi connectivity index (χ1v) is 12.8. The molecular formula is C13H12FeO2. The van der Waals surface area contributed by atoms with Gasteiger partial charge in [0.2, 0.25) is 0 Å². The Balaban J connectivity index is 1.72. The minimum absolute atomic E-state index is 0.380. The molecule has 10 aliphatic heterocycles. The van der Waals surface area contributed by atoms with Crippen LogP contribution >= 0.6 is 0 Å². The number of rotatable bonds is 2. The van der Waals surface area contributed by atoms with Gasteiger partial charge in [-0.05, 0) is 0 Å². The van der Waals surface area contributed by atoms with Crippen molar-refractivity contribution in [3.8, 4) is 0 Å². The van der Waals surface area contributed by atoms with Gasteiger partial charge in [0, 0.05) is 0 Å². The van der Waals surface area contributed by atoms with Crippen LogP contribution in [0.5, 0.6) is 0 Å². The molecule has 0 aromatic rings. The van der Waals surface area contributed by atoms with E-state index < -0.39 is 12.5 Å². The first-order valence-electron chi connectivity index (χ1n) is 6.54. The van der Waals surface area contributed by atoms with Crippen molar-refractivity contribution in [1.82, 2.24) is 0 Å². The number of fused-ring (bicyclic) bond motifs is 10. The normalized spacial score (nSPS) is 125. The van der Waals surface area contributed by atoms with Crippen LogP contribution in [0.4, 0.5) is 0 Å². The number of hydrogen-bond acceptors (Lipinski definition) is 1. The summed E-state index contributed by atoms with van der Waals surface area (Å²) in [7, 11) is 0. The van der Waals surface area contributed by atoms with E-state index in [1.54, 1.807) is 0 Å². The topological polar surface area (TPSA) is 37.3 Å². The zero-order valence-electron chi connectivity index (χ0n) is 8.61. The Morgan fingerprint density at radius 3 is 1.62 bits per heavy atom. The number of hydrogen-bond donors (Lipinski definition) is 1. The van der Waals surface area contributed by atoms with Gasteiger partial charge in [-0.2, -0.15) is 0 Å². The standard InChI is InChI=1S/C8H7O2.C5H5.Fe/c1-6(8(9)10)7-4-2-3-5-7;1-2-4-5-3-1;/h2-5H,1H2,(H,9,10);1-5H;. The fourth-order valence-corrected chi connectivity index (χ4v) is 91.5. The van der Waals surface area contributed by atoms with E-state index in [9.17, 15) is 9.90 Å². The second-order valence-electron chi connectivity index (χ2n) is 10.5. The number of carboxylic acids is 1. The van der Waals surface area contributed by atoms with E-state index in [-0.39, 0.29) is 0 Å². The van der Waals surface area contributed by atoms with Crippen molar-refractivity contribution >= 4 is 5.97 Å². The van der Waals surface area contributed by atoms with Gasteiger partial charge in [0.05, 0.1) is 0 Å². The molecule has 84 valence electrons. The summed E-state index contributed by atoms with van der Waals surface area (Å²) in [5.74, 6) is -0.631. The molecule has 10 saturated heterocycles. The Morgan fingerprint density at radius 1 is 1.00 bits per heavy atom. The van der Waals surface area contributed by atoms with Gasteiger partial charge >= 0.3 is 82.2 Å². The molecule has 0 aliphatic carbocycles. The zero-order chi connectivity index (χ0) is 10.2. The van der Waals surface area contributed by atoms with E-state index >= 15 is 0 Å². The molecule has 3 heteroatoms. The van der Waals surface area contributed by atoms with Gasteiger partial charge < -0.3 is 0 Å². The third-order valence-corrected chi connectivity index (χ3v) is 57.8. The molecule has 16 heavy (non-hydrogen) atoms. The van der Waals surface area contributed by atoms with Crippen molar-refractivity contribution in [2.45, 2.75) is 47.7 Å². The molecule has 2 nitrogen and oxygen atoms in total. The molecule has 10 aliphatic rings. The van der Waals surface area contributed by atoms with Crippen molar-refractivity contribution < 1.29 is 16.4 Å². The van der Waals surface area contributed by atoms with Crippen LogP contribution in [0.15, 0.2) is 12.2 Å². The molecule has 0 bridgehead atoms. The number of carbonyl (C=O) groups is 1. The van der Waals surface area contributed by atoms with Crippen LogP contribution in [0.2, 0.25) is 47.7 Å². The molecule has 4 atom stereocenters. The number of carboxylic acid groups (broad SMARTS) is 1. The first kappa shape index (κ1) is 5.58. The Labute approximate surface area is 82.4 Å². The molecule has 0 aromatic heterocycles. The Bertz CT molecular complexity index is 939. The summed E-state index contributed by atoms with van der Waals surface area (Å²) in [5, 5.41) is 9.45. The fourth-order valence-electron chi connectivity index (χ4n) is 17.2. The van der Waals surface area contributed by atoms with Crippen molar-refractivity contribution in [2.24, 2.45) is 0 Å². The summed E-state index contributed by atoms with van der Waals surface area (Å²) in [4.78, 5) is 22.0. The summed E-state index contributed by atoms with van der Waals surface area (Å²) in [6, 6.07) is 0. The predicted molar refractivity (Wildman–Crippen MR) is 53.2 cm³/mol. The van der Waals surface area contributed by atoms with E-state index in [1.807, 2.05) is 0 Å². The quantitative estimate of drug-likeness (QED) is 0.607. The van der Waals surface area contributed by atoms with Gasteiger partial charge in [0.25, 0.3) is 0 Å². The summed E-state index contributed by atoms with van der Waals surface area (Å²) < 4.78 is 0.380.